The monoisotopic (exact) mass is 411 g/mol. The van der Waals surface area contributed by atoms with Crippen LogP contribution in [-0.2, 0) is 11.3 Å². The molecule has 0 bridgehead atoms. The lowest BCUT2D eigenvalue weighted by molar-refractivity contribution is -0.123. The maximum Gasteiger partial charge on any atom is 0.237 e. The number of alkyl halides is 1. The number of nitrogens with one attached hydrogen (secondary N) is 2. The van der Waals surface area contributed by atoms with E-state index >= 15 is 0 Å². The molecule has 1 aliphatic heterocycles. The van der Waals surface area contributed by atoms with E-state index in [4.69, 9.17) is 9.47 Å². The Morgan fingerprint density at radius 1 is 1.35 bits per heavy atom. The first-order chi connectivity index (χ1) is 11.5. The minimum absolute atomic E-state index is 0. The minimum Gasteiger partial charge on any atom is -0.493 e. The number of ether oxygens (including phenoxy) is 2. The molecule has 1 amide bonds. The van der Waals surface area contributed by atoms with Crippen LogP contribution >= 0.6 is 24.8 Å². The summed E-state index contributed by atoms with van der Waals surface area (Å²) in [5.41, 5.74) is 0.898. The summed E-state index contributed by atoms with van der Waals surface area (Å²) in [6.45, 7) is 1.98. The predicted molar refractivity (Wildman–Crippen MR) is 105 cm³/mol. The van der Waals surface area contributed by atoms with Crippen LogP contribution in [0.5, 0.6) is 11.5 Å². The van der Waals surface area contributed by atoms with Gasteiger partial charge in [0.2, 0.25) is 5.91 Å². The molecule has 2 N–H and O–H groups in total. The second kappa shape index (κ2) is 12.2. The molecule has 9 heteroatoms. The summed E-state index contributed by atoms with van der Waals surface area (Å²) in [5, 5.41) is 5.69. The molecular weight excluding hydrogens is 384 g/mol. The summed E-state index contributed by atoms with van der Waals surface area (Å²) in [6, 6.07) is 5.11. The van der Waals surface area contributed by atoms with Gasteiger partial charge in [0.15, 0.2) is 11.5 Å². The van der Waals surface area contributed by atoms with Crippen LogP contribution in [0.3, 0.4) is 0 Å². The lowest BCUT2D eigenvalue weighted by atomic mass is 10.1. The Labute approximate surface area is 166 Å². The largest absolute Gasteiger partial charge is 0.493 e. The summed E-state index contributed by atoms with van der Waals surface area (Å²) in [6.07, 6.45) is -0.715. The van der Waals surface area contributed by atoms with E-state index in [1.807, 2.05) is 37.2 Å². The average molecular weight is 412 g/mol. The normalized spacial score (nSPS) is 18.7. The van der Waals surface area contributed by atoms with Crippen molar-refractivity contribution < 1.29 is 18.7 Å². The van der Waals surface area contributed by atoms with Gasteiger partial charge in [0, 0.05) is 26.1 Å². The molecule has 1 aromatic carbocycles. The van der Waals surface area contributed by atoms with Gasteiger partial charge in [0.25, 0.3) is 0 Å². The van der Waals surface area contributed by atoms with Crippen LogP contribution < -0.4 is 20.1 Å². The first-order valence-electron chi connectivity index (χ1n) is 8.09. The van der Waals surface area contributed by atoms with Crippen LogP contribution in [0.2, 0.25) is 0 Å². The number of benzene rings is 1. The van der Waals surface area contributed by atoms with Crippen LogP contribution in [0, 0.1) is 0 Å². The number of methoxy groups -OCH3 is 1. The Morgan fingerprint density at radius 2 is 2.08 bits per heavy atom. The molecule has 26 heavy (non-hydrogen) atoms. The van der Waals surface area contributed by atoms with Crippen molar-refractivity contribution in [1.82, 2.24) is 15.5 Å². The van der Waals surface area contributed by atoms with Gasteiger partial charge in [-0.2, -0.15) is 0 Å². The number of carbonyl (C=O) groups is 1. The summed E-state index contributed by atoms with van der Waals surface area (Å²) < 4.78 is 24.2. The van der Waals surface area contributed by atoms with E-state index in [0.29, 0.717) is 24.7 Å². The molecule has 0 aliphatic carbocycles. The standard InChI is InChI=1S/C17H26FN3O3.2ClH/c1-21(2)6-7-24-15-5-4-12(8-16(15)23-3)10-20-17(22)14-9-13(18)11-19-14;;/h4-5,8,13-14,19H,6-7,9-11H2,1-3H3,(H,20,22);2*1H/t13-,14+;;/m0../s1. The highest BCUT2D eigenvalue weighted by atomic mass is 35.5. The van der Waals surface area contributed by atoms with Crippen molar-refractivity contribution in [3.63, 3.8) is 0 Å². The molecular formula is C17H28Cl2FN3O3. The SMILES string of the molecule is COc1cc(CNC(=O)[C@H]2C[C@H](F)CN2)ccc1OCCN(C)C.Cl.Cl. The van der Waals surface area contributed by atoms with E-state index in [1.54, 1.807) is 7.11 Å². The van der Waals surface area contributed by atoms with Crippen molar-refractivity contribution in [3.05, 3.63) is 23.8 Å². The molecule has 150 valence electrons. The fourth-order valence-electron chi connectivity index (χ4n) is 2.48. The molecule has 1 aliphatic rings. The number of halogens is 3. The van der Waals surface area contributed by atoms with E-state index in [0.717, 1.165) is 12.1 Å². The number of carbonyl (C=O) groups excluding carboxylic acids is 1. The highest BCUT2D eigenvalue weighted by Crippen LogP contribution is 2.28. The van der Waals surface area contributed by atoms with Crippen LogP contribution in [0.4, 0.5) is 4.39 Å². The van der Waals surface area contributed by atoms with Crippen LogP contribution in [0.25, 0.3) is 0 Å². The number of amides is 1. The Bertz CT molecular complexity index is 564. The zero-order valence-electron chi connectivity index (χ0n) is 15.3. The molecule has 0 saturated carbocycles. The summed E-state index contributed by atoms with van der Waals surface area (Å²) >= 11 is 0. The van der Waals surface area contributed by atoms with Crippen LogP contribution in [-0.4, -0.2) is 63.9 Å². The third kappa shape index (κ3) is 7.53. The quantitative estimate of drug-likeness (QED) is 0.682. The fraction of sp³-hybridized carbons (Fsp3) is 0.588. The van der Waals surface area contributed by atoms with Crippen LogP contribution in [0.1, 0.15) is 12.0 Å². The predicted octanol–water partition coefficient (Wildman–Crippen LogP) is 1.80. The van der Waals surface area contributed by atoms with Crippen molar-refractivity contribution in [1.29, 1.82) is 0 Å². The van der Waals surface area contributed by atoms with E-state index in [1.165, 1.54) is 0 Å². The second-order valence-electron chi connectivity index (χ2n) is 6.15. The van der Waals surface area contributed by atoms with Gasteiger partial charge in [-0.3, -0.25) is 4.79 Å². The number of hydrogen-bond donors (Lipinski definition) is 2. The van der Waals surface area contributed by atoms with Gasteiger partial charge in [-0.25, -0.2) is 4.39 Å². The first kappa shape index (κ1) is 24.7. The van der Waals surface area contributed by atoms with Gasteiger partial charge in [-0.1, -0.05) is 6.07 Å². The molecule has 1 aromatic rings. The van der Waals surface area contributed by atoms with Crippen LogP contribution in [0.15, 0.2) is 18.2 Å². The molecule has 1 heterocycles. The van der Waals surface area contributed by atoms with Gasteiger partial charge in [0.1, 0.15) is 12.8 Å². The van der Waals surface area contributed by atoms with Crippen molar-refractivity contribution in [2.75, 3.05) is 40.9 Å². The Hall–Kier alpha value is -1.28. The number of nitrogens with zero attached hydrogens (tertiary/aromatic N) is 1. The highest BCUT2D eigenvalue weighted by molar-refractivity contribution is 5.85. The fourth-order valence-corrected chi connectivity index (χ4v) is 2.48. The molecule has 0 radical (unpaired) electrons. The van der Waals surface area contributed by atoms with Crippen molar-refractivity contribution in [2.24, 2.45) is 0 Å². The molecule has 2 rings (SSSR count). The molecule has 2 atom stereocenters. The van der Waals surface area contributed by atoms with Crippen molar-refractivity contribution >= 4 is 30.7 Å². The second-order valence-corrected chi connectivity index (χ2v) is 6.15. The summed E-state index contributed by atoms with van der Waals surface area (Å²) in [5.74, 6) is 1.12. The zero-order chi connectivity index (χ0) is 17.5. The smallest absolute Gasteiger partial charge is 0.237 e. The molecule has 1 saturated heterocycles. The lowest BCUT2D eigenvalue weighted by Gasteiger charge is -2.15. The average Bonchev–Trinajstić information content (AvgIpc) is 2.99. The lowest BCUT2D eigenvalue weighted by Crippen LogP contribution is -2.40. The van der Waals surface area contributed by atoms with E-state index in [-0.39, 0.29) is 43.7 Å². The molecule has 6 nitrogen and oxygen atoms in total. The molecule has 0 aromatic heterocycles. The number of likely N-dealkylation sites (N-methyl/N-ethyl adjacent to an activating group) is 1. The Kier molecular flexibility index (Phi) is 11.6. The van der Waals surface area contributed by atoms with Gasteiger partial charge in [0.05, 0.1) is 13.2 Å². The maximum absolute atomic E-state index is 13.1. The van der Waals surface area contributed by atoms with Crippen molar-refractivity contribution in [2.45, 2.75) is 25.2 Å². The van der Waals surface area contributed by atoms with E-state index < -0.39 is 12.2 Å². The van der Waals surface area contributed by atoms with Gasteiger partial charge in [-0.05, 0) is 31.8 Å². The third-order valence-corrected chi connectivity index (χ3v) is 3.88. The topological polar surface area (TPSA) is 62.8 Å². The molecule has 0 unspecified atom stereocenters. The van der Waals surface area contributed by atoms with Crippen molar-refractivity contribution in [3.8, 4) is 11.5 Å². The Balaban J connectivity index is 0.00000312. The highest BCUT2D eigenvalue weighted by Gasteiger charge is 2.28. The Morgan fingerprint density at radius 3 is 2.65 bits per heavy atom. The maximum atomic E-state index is 13.1. The number of hydrogen-bond acceptors (Lipinski definition) is 5. The summed E-state index contributed by atoms with van der Waals surface area (Å²) in [4.78, 5) is 14.0. The van der Waals surface area contributed by atoms with Gasteiger partial charge < -0.3 is 25.0 Å². The third-order valence-electron chi connectivity index (χ3n) is 3.88. The molecule has 0 spiro atoms. The van der Waals surface area contributed by atoms with Gasteiger partial charge >= 0.3 is 0 Å². The van der Waals surface area contributed by atoms with Gasteiger partial charge in [-0.15, -0.1) is 24.8 Å². The first-order valence-corrected chi connectivity index (χ1v) is 8.09. The van der Waals surface area contributed by atoms with E-state index in [2.05, 4.69) is 10.6 Å². The zero-order valence-corrected chi connectivity index (χ0v) is 16.9. The minimum atomic E-state index is -0.945. The number of rotatable bonds is 8. The van der Waals surface area contributed by atoms with E-state index in [9.17, 15) is 9.18 Å². The summed E-state index contributed by atoms with van der Waals surface area (Å²) in [7, 11) is 5.55. The molecule has 1 fully saturated rings.